The van der Waals surface area contributed by atoms with E-state index in [1.807, 2.05) is 59.3 Å². The Bertz CT molecular complexity index is 2180. The molecule has 0 radical (unpaired) electrons. The Kier molecular flexibility index (Phi) is 11.8. The van der Waals surface area contributed by atoms with Crippen LogP contribution in [0.2, 0.25) is 0 Å². The minimum atomic E-state index is -4.40. The number of amides is 1. The van der Waals surface area contributed by atoms with Gasteiger partial charge in [0.2, 0.25) is 0 Å². The fraction of sp³-hybridized carbons (Fsp3) is 0.205. The molecule has 1 saturated heterocycles. The van der Waals surface area contributed by atoms with Crippen LogP contribution >= 0.6 is 11.8 Å². The maximum absolute atomic E-state index is 13.1. The Hall–Kier alpha value is -5.57. The second kappa shape index (κ2) is 16.8. The van der Waals surface area contributed by atoms with Gasteiger partial charge < -0.3 is 20.1 Å². The topological polar surface area (TPSA) is 154 Å². The molecule has 0 saturated carbocycles. The normalized spacial score (nSPS) is 13.3. The summed E-state index contributed by atoms with van der Waals surface area (Å²) in [4.78, 5) is 29.4. The van der Waals surface area contributed by atoms with E-state index >= 15 is 0 Å². The van der Waals surface area contributed by atoms with Gasteiger partial charge in [0.15, 0.2) is 0 Å². The molecule has 53 heavy (non-hydrogen) atoms. The van der Waals surface area contributed by atoms with Crippen LogP contribution in [0.3, 0.4) is 0 Å². The fourth-order valence-corrected chi connectivity index (χ4v) is 7.84. The average Bonchev–Trinajstić information content (AvgIpc) is 3.17. The summed E-state index contributed by atoms with van der Waals surface area (Å²) in [7, 11) is -2.75. The first-order chi connectivity index (χ1) is 25.6. The molecule has 0 aliphatic carbocycles. The molecule has 14 heteroatoms. The highest BCUT2D eigenvalue weighted by atomic mass is 32.2. The molecule has 0 spiro atoms. The fourth-order valence-electron chi connectivity index (χ4n) is 6.06. The van der Waals surface area contributed by atoms with Crippen molar-refractivity contribution in [2.45, 2.75) is 16.3 Å². The maximum Gasteiger partial charge on any atom is 0.293 e. The number of hydrogen-bond donors (Lipinski definition) is 3. The number of carbonyl (C=O) groups excluding carboxylic acids is 1. The van der Waals surface area contributed by atoms with Gasteiger partial charge in [0.1, 0.15) is 17.2 Å². The average molecular weight is 754 g/mol. The van der Waals surface area contributed by atoms with Crippen LogP contribution in [0.4, 0.5) is 17.1 Å². The number of methoxy groups -OCH3 is 1. The lowest BCUT2D eigenvalue weighted by Crippen LogP contribution is -2.46. The number of aromatic hydroxyl groups is 1. The van der Waals surface area contributed by atoms with Crippen LogP contribution in [0.1, 0.15) is 15.9 Å². The van der Waals surface area contributed by atoms with E-state index in [0.29, 0.717) is 18.8 Å². The highest BCUT2D eigenvalue weighted by molar-refractivity contribution is 7.99. The number of carbonyl (C=O) groups is 1. The number of nitrogens with one attached hydrogen (secondary N) is 2. The second-order valence-corrected chi connectivity index (χ2v) is 15.2. The zero-order valence-electron chi connectivity index (χ0n) is 29.0. The van der Waals surface area contributed by atoms with Crippen LogP contribution in [-0.2, 0) is 16.6 Å². The van der Waals surface area contributed by atoms with E-state index in [-0.39, 0.29) is 21.9 Å². The molecule has 0 atom stereocenters. The molecular weight excluding hydrogens is 715 g/mol. The molecule has 0 aromatic heterocycles. The predicted molar refractivity (Wildman–Crippen MR) is 207 cm³/mol. The molecule has 12 nitrogen and oxygen atoms in total. The van der Waals surface area contributed by atoms with Crippen LogP contribution in [0, 0.1) is 10.1 Å². The number of piperazine rings is 1. The molecule has 0 unspecified atom stereocenters. The summed E-state index contributed by atoms with van der Waals surface area (Å²) in [5.74, 6) is 0.787. The van der Waals surface area contributed by atoms with Crippen molar-refractivity contribution in [3.63, 3.8) is 0 Å². The van der Waals surface area contributed by atoms with Crippen molar-refractivity contribution in [3.8, 4) is 22.6 Å². The number of benzene rings is 5. The van der Waals surface area contributed by atoms with E-state index < -0.39 is 26.5 Å². The van der Waals surface area contributed by atoms with E-state index in [2.05, 4.69) is 21.2 Å². The number of thioether (sulfide) groups is 1. The summed E-state index contributed by atoms with van der Waals surface area (Å²) in [6.07, 6.45) is 0. The number of ether oxygens (including phenoxy) is 1. The number of phenolic OH excluding ortho intramolecular Hbond substituents is 1. The van der Waals surface area contributed by atoms with Crippen LogP contribution in [0.15, 0.2) is 125 Å². The van der Waals surface area contributed by atoms with Crippen LogP contribution in [-0.4, -0.2) is 74.8 Å². The van der Waals surface area contributed by atoms with Gasteiger partial charge in [-0.05, 0) is 77.9 Å². The number of hydrogen-bond acceptors (Lipinski definition) is 11. The zero-order valence-corrected chi connectivity index (χ0v) is 30.6. The number of sulfonamides is 1. The molecule has 274 valence electrons. The van der Waals surface area contributed by atoms with Gasteiger partial charge in [0, 0.05) is 72.8 Å². The molecule has 1 aliphatic heterocycles. The van der Waals surface area contributed by atoms with Crippen molar-refractivity contribution in [3.05, 3.63) is 137 Å². The molecule has 6 rings (SSSR count). The van der Waals surface area contributed by atoms with Gasteiger partial charge in [-0.25, -0.2) is 13.1 Å². The van der Waals surface area contributed by atoms with E-state index in [1.54, 1.807) is 55.3 Å². The Morgan fingerprint density at radius 1 is 0.887 bits per heavy atom. The lowest BCUT2D eigenvalue weighted by Gasteiger charge is -2.36. The van der Waals surface area contributed by atoms with Crippen molar-refractivity contribution in [2.24, 2.45) is 0 Å². The molecular formula is C39H39N5O7S2. The number of nitro benzene ring substituents is 1. The highest BCUT2D eigenvalue weighted by Gasteiger charge is 2.25. The first-order valence-electron chi connectivity index (χ1n) is 16.9. The van der Waals surface area contributed by atoms with E-state index in [0.717, 1.165) is 65.3 Å². The monoisotopic (exact) mass is 753 g/mol. The zero-order chi connectivity index (χ0) is 37.4. The Labute approximate surface area is 312 Å². The van der Waals surface area contributed by atoms with Gasteiger partial charge in [-0.3, -0.25) is 19.8 Å². The first-order valence-corrected chi connectivity index (χ1v) is 19.4. The number of nitro groups is 1. The standard InChI is InChI=1S/C39H39N5O7S2/c1-51-38-25-30(29-6-5-7-33(45)24-29)10-11-31(38)27-42-19-21-43(22-20-42)32-14-12-28(13-15-32)39(46)41-53(49,50)35-16-17-36(37(26-35)44(47)48)40-18-23-52-34-8-3-2-4-9-34/h2-17,24-26,40,45H,18-23,27H2,1H3,(H,41,46). The lowest BCUT2D eigenvalue weighted by molar-refractivity contribution is -0.384. The van der Waals surface area contributed by atoms with Gasteiger partial charge in [-0.15, -0.1) is 11.8 Å². The minimum absolute atomic E-state index is 0.140. The third-order valence-electron chi connectivity index (χ3n) is 8.86. The first kappa shape index (κ1) is 37.2. The SMILES string of the molecule is COc1cc(-c2cccc(O)c2)ccc1CN1CCN(c2ccc(C(=O)NS(=O)(=O)c3ccc(NCCSc4ccccc4)c([N+](=O)[O-])c3)cc2)CC1. The van der Waals surface area contributed by atoms with Crippen molar-refractivity contribution in [1.82, 2.24) is 9.62 Å². The van der Waals surface area contributed by atoms with Gasteiger partial charge in [0.25, 0.3) is 21.6 Å². The molecule has 5 aromatic carbocycles. The van der Waals surface area contributed by atoms with Crippen LogP contribution in [0.5, 0.6) is 11.5 Å². The number of anilines is 2. The third-order valence-corrected chi connectivity index (χ3v) is 11.2. The summed E-state index contributed by atoms with van der Waals surface area (Å²) in [6, 6.07) is 33.1. The van der Waals surface area contributed by atoms with Crippen LogP contribution in [0.25, 0.3) is 11.1 Å². The van der Waals surface area contributed by atoms with Gasteiger partial charge in [-0.2, -0.15) is 0 Å². The Morgan fingerprint density at radius 2 is 1.62 bits per heavy atom. The molecule has 1 amide bonds. The van der Waals surface area contributed by atoms with Gasteiger partial charge in [0.05, 0.1) is 16.9 Å². The maximum atomic E-state index is 13.1. The second-order valence-electron chi connectivity index (χ2n) is 12.3. The van der Waals surface area contributed by atoms with E-state index in [9.17, 15) is 28.4 Å². The van der Waals surface area contributed by atoms with E-state index in [1.165, 1.54) is 12.1 Å². The molecule has 3 N–H and O–H groups in total. The van der Waals surface area contributed by atoms with Gasteiger partial charge in [-0.1, -0.05) is 42.5 Å². The summed E-state index contributed by atoms with van der Waals surface area (Å²) in [5, 5.41) is 24.7. The molecule has 1 heterocycles. The molecule has 1 aliphatic rings. The smallest absolute Gasteiger partial charge is 0.293 e. The number of phenols is 1. The van der Waals surface area contributed by atoms with Crippen molar-refractivity contribution < 1.29 is 28.0 Å². The summed E-state index contributed by atoms with van der Waals surface area (Å²) in [5.41, 5.74) is 3.74. The van der Waals surface area contributed by atoms with Crippen LogP contribution < -0.4 is 19.7 Å². The molecule has 1 fully saturated rings. The highest BCUT2D eigenvalue weighted by Crippen LogP contribution is 2.31. The van der Waals surface area contributed by atoms with Crippen molar-refractivity contribution in [2.75, 3.05) is 55.8 Å². The number of rotatable bonds is 14. The lowest BCUT2D eigenvalue weighted by atomic mass is 10.0. The Balaban J connectivity index is 1.02. The predicted octanol–water partition coefficient (Wildman–Crippen LogP) is 6.62. The largest absolute Gasteiger partial charge is 0.508 e. The summed E-state index contributed by atoms with van der Waals surface area (Å²) < 4.78 is 34.0. The molecule has 0 bridgehead atoms. The minimum Gasteiger partial charge on any atom is -0.508 e. The summed E-state index contributed by atoms with van der Waals surface area (Å²) in [6.45, 7) is 4.22. The third kappa shape index (κ3) is 9.46. The quantitative estimate of drug-likeness (QED) is 0.0485. The molecule has 5 aromatic rings. The van der Waals surface area contributed by atoms with Crippen molar-refractivity contribution in [1.29, 1.82) is 0 Å². The number of nitrogens with zero attached hydrogens (tertiary/aromatic N) is 3. The van der Waals surface area contributed by atoms with Gasteiger partial charge >= 0.3 is 0 Å². The van der Waals surface area contributed by atoms with E-state index in [4.69, 9.17) is 4.74 Å². The van der Waals surface area contributed by atoms with Crippen molar-refractivity contribution >= 4 is 44.8 Å². The summed E-state index contributed by atoms with van der Waals surface area (Å²) >= 11 is 1.59. The Morgan fingerprint density at radius 3 is 2.32 bits per heavy atom.